The van der Waals surface area contributed by atoms with E-state index in [1.165, 1.54) is 18.3 Å². The highest BCUT2D eigenvalue weighted by Crippen LogP contribution is 2.28. The summed E-state index contributed by atoms with van der Waals surface area (Å²) >= 11 is 7.30. The summed E-state index contributed by atoms with van der Waals surface area (Å²) in [5.74, 6) is -0.0424. The number of anilines is 1. The molecule has 0 fully saturated rings. The highest BCUT2D eigenvalue weighted by atomic mass is 35.5. The van der Waals surface area contributed by atoms with E-state index >= 15 is 0 Å². The summed E-state index contributed by atoms with van der Waals surface area (Å²) in [7, 11) is 0. The van der Waals surface area contributed by atoms with Gasteiger partial charge in [-0.15, -0.1) is 0 Å². The Balaban J connectivity index is 1.66. The number of fused-ring (bicyclic) bond motifs is 1. The van der Waals surface area contributed by atoms with Crippen LogP contribution in [0.25, 0.3) is 0 Å². The lowest BCUT2D eigenvalue weighted by molar-refractivity contribution is -0.131. The Morgan fingerprint density at radius 1 is 1.35 bits per heavy atom. The molecule has 1 aliphatic heterocycles. The molecule has 0 bridgehead atoms. The summed E-state index contributed by atoms with van der Waals surface area (Å²) in [6.45, 7) is 2.67. The summed E-state index contributed by atoms with van der Waals surface area (Å²) in [5.41, 5.74) is 1.93. The number of aromatic nitrogens is 1. The van der Waals surface area contributed by atoms with Gasteiger partial charge >= 0.3 is 0 Å². The summed E-state index contributed by atoms with van der Waals surface area (Å²) in [5, 5.41) is 3.98. The molecule has 0 spiro atoms. The maximum absolute atomic E-state index is 12.5. The molecular weight excluding hydrogens is 334 g/mol. The van der Waals surface area contributed by atoms with E-state index in [4.69, 9.17) is 11.6 Å². The molecule has 1 aromatic heterocycles. The lowest BCUT2D eigenvalue weighted by Crippen LogP contribution is -2.36. The van der Waals surface area contributed by atoms with Crippen molar-refractivity contribution < 1.29 is 9.59 Å². The zero-order chi connectivity index (χ0) is 16.4. The monoisotopic (exact) mass is 349 g/mol. The molecule has 1 N–H and O–H groups in total. The van der Waals surface area contributed by atoms with Gasteiger partial charge in [-0.3, -0.25) is 9.59 Å². The Labute approximate surface area is 143 Å². The van der Waals surface area contributed by atoms with Gasteiger partial charge in [0.25, 0.3) is 0 Å². The number of carbonyl (C=O) groups excluding carboxylic acids is 2. The number of halogens is 1. The van der Waals surface area contributed by atoms with Crippen LogP contribution in [0.4, 0.5) is 5.13 Å². The third-order valence-corrected chi connectivity index (χ3v) is 4.89. The van der Waals surface area contributed by atoms with Crippen molar-refractivity contribution in [3.8, 4) is 0 Å². The first kappa shape index (κ1) is 16.0. The molecule has 0 radical (unpaired) electrons. The Morgan fingerprint density at radius 3 is 2.78 bits per heavy atom. The van der Waals surface area contributed by atoms with Crippen molar-refractivity contribution in [3.05, 3.63) is 45.4 Å². The molecular formula is C16H16ClN3O2S. The van der Waals surface area contributed by atoms with Gasteiger partial charge in [-0.1, -0.05) is 35.1 Å². The van der Waals surface area contributed by atoms with Crippen molar-refractivity contribution in [3.63, 3.8) is 0 Å². The largest absolute Gasteiger partial charge is 0.337 e. The van der Waals surface area contributed by atoms with Crippen molar-refractivity contribution in [1.29, 1.82) is 0 Å². The Morgan fingerprint density at radius 2 is 2.09 bits per heavy atom. The Bertz CT molecular complexity index is 742. The molecule has 1 aliphatic rings. The maximum atomic E-state index is 12.5. The lowest BCUT2D eigenvalue weighted by Gasteiger charge is -2.26. The number of benzene rings is 1. The van der Waals surface area contributed by atoms with Crippen LogP contribution in [0.5, 0.6) is 0 Å². The third kappa shape index (κ3) is 3.89. The normalized spacial score (nSPS) is 13.6. The summed E-state index contributed by atoms with van der Waals surface area (Å²) < 4.78 is 0. The van der Waals surface area contributed by atoms with Gasteiger partial charge in [0, 0.05) is 29.8 Å². The van der Waals surface area contributed by atoms with E-state index in [1.807, 2.05) is 17.0 Å². The number of nitrogens with zero attached hydrogens (tertiary/aromatic N) is 2. The highest BCUT2D eigenvalue weighted by molar-refractivity contribution is 7.15. The molecule has 3 rings (SSSR count). The van der Waals surface area contributed by atoms with Crippen LogP contribution >= 0.6 is 22.9 Å². The van der Waals surface area contributed by atoms with Crippen molar-refractivity contribution >= 4 is 39.9 Å². The minimum absolute atomic E-state index is 0.0902. The number of rotatable bonds is 3. The summed E-state index contributed by atoms with van der Waals surface area (Å²) in [6, 6.07) is 7.33. The number of hydrogen-bond donors (Lipinski definition) is 1. The van der Waals surface area contributed by atoms with Crippen LogP contribution in [0.1, 0.15) is 23.1 Å². The molecule has 0 aliphatic carbocycles. The first-order chi connectivity index (χ1) is 11.0. The van der Waals surface area contributed by atoms with Crippen LogP contribution in [0.3, 0.4) is 0 Å². The second-order valence-electron chi connectivity index (χ2n) is 5.44. The number of amides is 2. The minimum atomic E-state index is -0.133. The standard InChI is InChI=1S/C16H16ClN3O2S/c1-10(21)18-16-19-13-6-7-20(9-14(13)23-16)15(22)8-11-2-4-12(17)5-3-11/h2-5H,6-9H2,1H3,(H,18,19,21). The number of carbonyl (C=O) groups is 2. The molecule has 2 amide bonds. The van der Waals surface area contributed by atoms with Gasteiger partial charge < -0.3 is 10.2 Å². The average Bonchev–Trinajstić information content (AvgIpc) is 2.89. The maximum Gasteiger partial charge on any atom is 0.227 e. The van der Waals surface area contributed by atoms with Crippen LogP contribution in [0, 0.1) is 0 Å². The second kappa shape index (κ2) is 6.68. The van der Waals surface area contributed by atoms with E-state index in [0.717, 1.165) is 22.6 Å². The zero-order valence-electron chi connectivity index (χ0n) is 12.6. The molecule has 1 aromatic carbocycles. The SMILES string of the molecule is CC(=O)Nc1nc2c(s1)CN(C(=O)Cc1ccc(Cl)cc1)CC2. The van der Waals surface area contributed by atoms with Crippen molar-refractivity contribution in [1.82, 2.24) is 9.88 Å². The molecule has 23 heavy (non-hydrogen) atoms. The van der Waals surface area contributed by atoms with Gasteiger partial charge in [0.2, 0.25) is 11.8 Å². The average molecular weight is 350 g/mol. The van der Waals surface area contributed by atoms with E-state index in [-0.39, 0.29) is 11.8 Å². The Hall–Kier alpha value is -1.92. The van der Waals surface area contributed by atoms with Gasteiger partial charge in [-0.25, -0.2) is 4.98 Å². The predicted molar refractivity (Wildman–Crippen MR) is 90.7 cm³/mol. The van der Waals surface area contributed by atoms with Gasteiger partial charge in [0.05, 0.1) is 18.7 Å². The molecule has 7 heteroatoms. The van der Waals surface area contributed by atoms with Crippen LogP contribution in [0.15, 0.2) is 24.3 Å². The first-order valence-corrected chi connectivity index (χ1v) is 8.49. The van der Waals surface area contributed by atoms with Crippen LogP contribution in [-0.2, 0) is 29.0 Å². The number of hydrogen-bond acceptors (Lipinski definition) is 4. The van der Waals surface area contributed by atoms with E-state index in [9.17, 15) is 9.59 Å². The predicted octanol–water partition coefficient (Wildman–Crippen LogP) is 2.88. The number of thiazole rings is 1. The molecule has 2 heterocycles. The van der Waals surface area contributed by atoms with Crippen molar-refractivity contribution in [2.24, 2.45) is 0 Å². The molecule has 0 unspecified atom stereocenters. The quantitative estimate of drug-likeness (QED) is 0.926. The fourth-order valence-electron chi connectivity index (χ4n) is 2.50. The topological polar surface area (TPSA) is 62.3 Å². The molecule has 2 aromatic rings. The van der Waals surface area contributed by atoms with Crippen LogP contribution in [-0.4, -0.2) is 28.2 Å². The molecule has 5 nitrogen and oxygen atoms in total. The highest BCUT2D eigenvalue weighted by Gasteiger charge is 2.24. The smallest absolute Gasteiger partial charge is 0.227 e. The molecule has 0 saturated heterocycles. The zero-order valence-corrected chi connectivity index (χ0v) is 14.2. The van der Waals surface area contributed by atoms with Crippen molar-refractivity contribution in [2.45, 2.75) is 26.3 Å². The van der Waals surface area contributed by atoms with Crippen LogP contribution < -0.4 is 5.32 Å². The van der Waals surface area contributed by atoms with E-state index in [0.29, 0.717) is 29.7 Å². The first-order valence-electron chi connectivity index (χ1n) is 7.29. The van der Waals surface area contributed by atoms with E-state index in [1.54, 1.807) is 12.1 Å². The summed E-state index contributed by atoms with van der Waals surface area (Å²) in [4.78, 5) is 30.9. The minimum Gasteiger partial charge on any atom is -0.337 e. The van der Waals surface area contributed by atoms with Crippen LogP contribution in [0.2, 0.25) is 5.02 Å². The molecule has 0 atom stereocenters. The van der Waals surface area contributed by atoms with Gasteiger partial charge in [0.15, 0.2) is 5.13 Å². The summed E-state index contributed by atoms with van der Waals surface area (Å²) in [6.07, 6.45) is 1.08. The number of nitrogens with one attached hydrogen (secondary N) is 1. The van der Waals surface area contributed by atoms with Crippen molar-refractivity contribution in [2.75, 3.05) is 11.9 Å². The second-order valence-corrected chi connectivity index (χ2v) is 6.96. The van der Waals surface area contributed by atoms with E-state index in [2.05, 4.69) is 10.3 Å². The fourth-order valence-corrected chi connectivity index (χ4v) is 3.70. The molecule has 120 valence electrons. The third-order valence-electron chi connectivity index (χ3n) is 3.64. The van der Waals surface area contributed by atoms with Gasteiger partial charge in [-0.2, -0.15) is 0 Å². The Kier molecular flexibility index (Phi) is 4.63. The lowest BCUT2D eigenvalue weighted by atomic mass is 10.1. The van der Waals surface area contributed by atoms with E-state index < -0.39 is 0 Å². The molecule has 0 saturated carbocycles. The fraction of sp³-hybridized carbons (Fsp3) is 0.312. The van der Waals surface area contributed by atoms with Gasteiger partial charge in [-0.05, 0) is 17.7 Å². The van der Waals surface area contributed by atoms with Gasteiger partial charge in [0.1, 0.15) is 0 Å².